The molecule has 0 spiro atoms. The fourth-order valence-corrected chi connectivity index (χ4v) is 5.05. The lowest BCUT2D eigenvalue weighted by Crippen LogP contribution is -2.65. The van der Waals surface area contributed by atoms with Gasteiger partial charge in [0.2, 0.25) is 0 Å². The van der Waals surface area contributed by atoms with Gasteiger partial charge >= 0.3 is 11.9 Å². The maximum absolute atomic E-state index is 13.0. The summed E-state index contributed by atoms with van der Waals surface area (Å²) in [5, 5.41) is 80.1. The maximum Gasteiger partial charge on any atom is 0.331 e. The molecule has 0 aliphatic carbocycles. The van der Waals surface area contributed by atoms with Crippen LogP contribution in [0.1, 0.15) is 25.0 Å². The van der Waals surface area contributed by atoms with E-state index < -0.39 is 85.7 Å². The molecule has 0 bridgehead atoms. The smallest absolute Gasteiger partial charge is 0.331 e. The van der Waals surface area contributed by atoms with Crippen molar-refractivity contribution in [2.75, 3.05) is 13.2 Å². The Labute approximate surface area is 268 Å². The van der Waals surface area contributed by atoms with Crippen molar-refractivity contribution in [2.45, 2.75) is 81.7 Å². The molecule has 0 unspecified atom stereocenters. The molecule has 2 aliphatic heterocycles. The molecule has 2 aromatic carbocycles. The zero-order valence-electron chi connectivity index (χ0n) is 25.4. The summed E-state index contributed by atoms with van der Waals surface area (Å²) >= 11 is 0. The van der Waals surface area contributed by atoms with Crippen molar-refractivity contribution in [3.05, 3.63) is 53.6 Å². The van der Waals surface area contributed by atoms with Gasteiger partial charge in [-0.25, -0.2) is 4.79 Å². The average Bonchev–Trinajstić information content (AvgIpc) is 3.03. The van der Waals surface area contributed by atoms with Gasteiger partial charge in [-0.05, 0) is 54.8 Å². The van der Waals surface area contributed by atoms with Crippen LogP contribution in [0.3, 0.4) is 0 Å². The Morgan fingerprint density at radius 3 is 2.13 bits per heavy atom. The summed E-state index contributed by atoms with van der Waals surface area (Å²) in [5.74, 6) is -3.31. The fourth-order valence-electron chi connectivity index (χ4n) is 5.05. The summed E-state index contributed by atoms with van der Waals surface area (Å²) in [4.78, 5) is 25.3. The number of hydrogen-bond acceptors (Lipinski definition) is 16. The highest BCUT2D eigenvalue weighted by Gasteiger charge is 2.54. The number of ether oxygens (including phenoxy) is 6. The maximum atomic E-state index is 13.0. The first-order chi connectivity index (χ1) is 22.3. The van der Waals surface area contributed by atoms with Gasteiger partial charge in [0.1, 0.15) is 30.5 Å². The summed E-state index contributed by atoms with van der Waals surface area (Å²) in [6, 6.07) is 7.94. The van der Waals surface area contributed by atoms with E-state index in [1.807, 2.05) is 0 Å². The Morgan fingerprint density at radius 1 is 0.809 bits per heavy atom. The third kappa shape index (κ3) is 8.88. The van der Waals surface area contributed by atoms with Gasteiger partial charge < -0.3 is 69.3 Å². The molecule has 47 heavy (non-hydrogen) atoms. The second kappa shape index (κ2) is 15.7. The lowest BCUT2D eigenvalue weighted by Gasteiger charge is -2.47. The van der Waals surface area contributed by atoms with E-state index in [0.717, 1.165) is 13.0 Å². The van der Waals surface area contributed by atoms with E-state index in [0.29, 0.717) is 11.1 Å². The first kappa shape index (κ1) is 35.8. The van der Waals surface area contributed by atoms with E-state index in [1.54, 1.807) is 0 Å². The molecule has 258 valence electrons. The quantitative estimate of drug-likeness (QED) is 0.0859. The first-order valence-corrected chi connectivity index (χ1v) is 14.6. The van der Waals surface area contributed by atoms with Crippen LogP contribution in [-0.2, 0) is 44.4 Å². The van der Waals surface area contributed by atoms with Gasteiger partial charge in [0.25, 0.3) is 0 Å². The minimum absolute atomic E-state index is 0.103. The fraction of sp³-hybridized carbons (Fsp3) is 0.484. The number of aromatic hydroxyl groups is 4. The Kier molecular flexibility index (Phi) is 12.0. The van der Waals surface area contributed by atoms with Crippen molar-refractivity contribution in [3.8, 4) is 23.0 Å². The van der Waals surface area contributed by atoms with E-state index in [2.05, 4.69) is 0 Å². The van der Waals surface area contributed by atoms with Crippen molar-refractivity contribution in [2.24, 2.45) is 0 Å². The highest BCUT2D eigenvalue weighted by atomic mass is 16.8. The normalized spacial score (nSPS) is 31.0. The number of rotatable bonds is 11. The predicted octanol–water partition coefficient (Wildman–Crippen LogP) is -0.445. The van der Waals surface area contributed by atoms with Crippen molar-refractivity contribution >= 4 is 18.0 Å². The van der Waals surface area contributed by atoms with E-state index in [4.69, 9.17) is 28.4 Å². The van der Waals surface area contributed by atoms with Crippen LogP contribution < -0.4 is 0 Å². The van der Waals surface area contributed by atoms with Gasteiger partial charge in [-0.2, -0.15) is 0 Å². The molecule has 16 heteroatoms. The van der Waals surface area contributed by atoms with Gasteiger partial charge in [0, 0.05) is 13.0 Å². The SMILES string of the molecule is CC(=O)O[C@@H]1[C@H](OCCc2ccc(O)c(O)c2)O[C@@H](CO)[C@H](OC(=O)C=Cc2ccc(O)c(O)c2)[C@@H]1O[C@@H]1O[C@H](C)[C@@H](O)[C@H](O)[C@@H]1O. The van der Waals surface area contributed by atoms with Crippen LogP contribution in [0.2, 0.25) is 0 Å². The molecule has 0 saturated carbocycles. The molecule has 8 N–H and O–H groups in total. The average molecular weight is 667 g/mol. The molecule has 2 saturated heterocycles. The van der Waals surface area contributed by atoms with Crippen LogP contribution in [0.5, 0.6) is 23.0 Å². The van der Waals surface area contributed by atoms with Gasteiger partial charge in [0.15, 0.2) is 47.8 Å². The van der Waals surface area contributed by atoms with E-state index in [9.17, 15) is 50.4 Å². The second-order valence-electron chi connectivity index (χ2n) is 11.0. The summed E-state index contributed by atoms with van der Waals surface area (Å²) in [6.45, 7) is 1.62. The molecule has 0 amide bonds. The number of carbonyl (C=O) groups is 2. The zero-order valence-corrected chi connectivity index (χ0v) is 25.4. The lowest BCUT2D eigenvalue weighted by atomic mass is 9.96. The summed E-state index contributed by atoms with van der Waals surface area (Å²) in [6.07, 6.45) is -12.7. The van der Waals surface area contributed by atoms with E-state index in [1.165, 1.54) is 49.4 Å². The van der Waals surface area contributed by atoms with Crippen LogP contribution in [0, 0.1) is 0 Å². The molecule has 16 nitrogen and oxygen atoms in total. The second-order valence-corrected chi connectivity index (χ2v) is 11.0. The van der Waals surface area contributed by atoms with Crippen LogP contribution in [0.15, 0.2) is 42.5 Å². The molecule has 10 atom stereocenters. The molecular weight excluding hydrogens is 628 g/mol. The Hall–Kier alpha value is -4.00. The van der Waals surface area contributed by atoms with Crippen molar-refractivity contribution in [1.29, 1.82) is 0 Å². The number of benzene rings is 2. The minimum atomic E-state index is -1.81. The van der Waals surface area contributed by atoms with Gasteiger partial charge in [-0.3, -0.25) is 4.79 Å². The number of aliphatic hydroxyl groups is 4. The molecule has 2 aliphatic rings. The Morgan fingerprint density at radius 2 is 1.49 bits per heavy atom. The van der Waals surface area contributed by atoms with Crippen molar-refractivity contribution in [3.63, 3.8) is 0 Å². The molecule has 0 radical (unpaired) electrons. The largest absolute Gasteiger partial charge is 0.504 e. The summed E-state index contributed by atoms with van der Waals surface area (Å²) in [7, 11) is 0. The van der Waals surface area contributed by atoms with Crippen LogP contribution in [0.25, 0.3) is 6.08 Å². The Bertz CT molecular complexity index is 1410. The van der Waals surface area contributed by atoms with Gasteiger partial charge in [-0.15, -0.1) is 0 Å². The number of phenols is 4. The molecule has 2 aromatic rings. The molecule has 0 aromatic heterocycles. The lowest BCUT2D eigenvalue weighted by molar-refractivity contribution is -0.358. The van der Waals surface area contributed by atoms with E-state index in [-0.39, 0.29) is 30.3 Å². The third-order valence-corrected chi connectivity index (χ3v) is 7.55. The highest BCUT2D eigenvalue weighted by Crippen LogP contribution is 2.33. The third-order valence-electron chi connectivity index (χ3n) is 7.55. The predicted molar refractivity (Wildman–Crippen MR) is 157 cm³/mol. The van der Waals surface area contributed by atoms with Crippen molar-refractivity contribution in [1.82, 2.24) is 0 Å². The van der Waals surface area contributed by atoms with Crippen LogP contribution >= 0.6 is 0 Å². The molecule has 2 heterocycles. The molecule has 4 rings (SSSR count). The van der Waals surface area contributed by atoms with Crippen LogP contribution in [-0.4, -0.2) is 127 Å². The number of carbonyl (C=O) groups excluding carboxylic acids is 2. The van der Waals surface area contributed by atoms with Crippen LogP contribution in [0.4, 0.5) is 0 Å². The Balaban J connectivity index is 1.61. The monoisotopic (exact) mass is 666 g/mol. The number of phenolic OH excluding ortho intramolecular Hbond substituents is 4. The molecule has 2 fully saturated rings. The van der Waals surface area contributed by atoms with Crippen molar-refractivity contribution < 1.29 is 78.9 Å². The van der Waals surface area contributed by atoms with E-state index >= 15 is 0 Å². The van der Waals surface area contributed by atoms with Gasteiger partial charge in [-0.1, -0.05) is 12.1 Å². The molecular formula is C31H38O16. The number of hydrogen-bond donors (Lipinski definition) is 8. The highest BCUT2D eigenvalue weighted by molar-refractivity contribution is 5.87. The standard InChI is InChI=1S/C31H38O16/c1-14-24(39)25(40)26(41)30(43-14)47-28-27(46-23(38)8-5-16-3-6-18(34)20(36)11-16)22(13-32)45-31(29(28)44-15(2)33)42-10-9-17-4-7-19(35)21(37)12-17/h3-8,11-12,14,22,24-32,34-37,39-41H,9-10,13H2,1-2H3/t14-,22+,24-,25+,26+,27+,28+,29+,30+,31-/m1/s1. The first-order valence-electron chi connectivity index (χ1n) is 14.6. The zero-order chi connectivity index (χ0) is 34.4. The topological polar surface area (TPSA) is 251 Å². The minimum Gasteiger partial charge on any atom is -0.504 e. The number of aliphatic hydroxyl groups excluding tert-OH is 4. The summed E-state index contributed by atoms with van der Waals surface area (Å²) in [5.41, 5.74) is 0.879. The number of esters is 2. The summed E-state index contributed by atoms with van der Waals surface area (Å²) < 4.78 is 34.4. The van der Waals surface area contributed by atoms with Gasteiger partial charge in [0.05, 0.1) is 19.3 Å².